The molecular weight excluding hydrogens is 378 g/mol. The Labute approximate surface area is 168 Å². The van der Waals surface area contributed by atoms with E-state index in [4.69, 9.17) is 4.74 Å². The molecule has 1 heterocycles. The molecule has 1 saturated carbocycles. The van der Waals surface area contributed by atoms with E-state index in [1.54, 1.807) is 17.0 Å². The van der Waals surface area contributed by atoms with Crippen molar-refractivity contribution < 1.29 is 17.9 Å². The summed E-state index contributed by atoms with van der Waals surface area (Å²) in [5.41, 5.74) is 0.384. The van der Waals surface area contributed by atoms with Gasteiger partial charge in [0.15, 0.2) is 0 Å². The molecule has 1 aromatic carbocycles. The number of sulfonamides is 1. The molecule has 8 heteroatoms. The van der Waals surface area contributed by atoms with Gasteiger partial charge in [0.25, 0.3) is 5.91 Å². The van der Waals surface area contributed by atoms with Crippen LogP contribution in [0.25, 0.3) is 0 Å². The number of carbonyl (C=O) groups is 1. The summed E-state index contributed by atoms with van der Waals surface area (Å²) in [5, 5.41) is 0. The predicted molar refractivity (Wildman–Crippen MR) is 108 cm³/mol. The SMILES string of the molecule is CCN1CCN(C(=O)c2ccc(OC)c(S(=O)(=O)NC3CCCCC3)c2)CC1. The molecule has 156 valence electrons. The van der Waals surface area contributed by atoms with Crippen LogP contribution in [0.15, 0.2) is 23.1 Å². The Kier molecular flexibility index (Phi) is 6.95. The second kappa shape index (κ2) is 9.24. The third-order valence-corrected chi connectivity index (χ3v) is 7.28. The molecule has 1 aliphatic heterocycles. The summed E-state index contributed by atoms with van der Waals surface area (Å²) in [6, 6.07) is 4.63. The van der Waals surface area contributed by atoms with Gasteiger partial charge >= 0.3 is 0 Å². The van der Waals surface area contributed by atoms with Crippen molar-refractivity contribution in [2.45, 2.75) is 50.0 Å². The molecule has 1 aromatic rings. The van der Waals surface area contributed by atoms with E-state index in [-0.39, 0.29) is 22.6 Å². The third-order valence-electron chi connectivity index (χ3n) is 5.73. The maximum Gasteiger partial charge on any atom is 0.253 e. The van der Waals surface area contributed by atoms with Crippen LogP contribution in [0.2, 0.25) is 0 Å². The van der Waals surface area contributed by atoms with Gasteiger partial charge in [-0.05, 0) is 37.6 Å². The number of hydrogen-bond acceptors (Lipinski definition) is 5. The minimum atomic E-state index is -3.76. The molecule has 28 heavy (non-hydrogen) atoms. The largest absolute Gasteiger partial charge is 0.495 e. The summed E-state index contributed by atoms with van der Waals surface area (Å²) in [7, 11) is -2.31. The number of piperazine rings is 1. The highest BCUT2D eigenvalue weighted by Gasteiger charge is 2.27. The summed E-state index contributed by atoms with van der Waals surface area (Å²) >= 11 is 0. The second-order valence-corrected chi connectivity index (χ2v) is 9.23. The normalized spacial score (nSPS) is 19.6. The highest BCUT2D eigenvalue weighted by Crippen LogP contribution is 2.27. The fourth-order valence-corrected chi connectivity index (χ4v) is 5.47. The minimum Gasteiger partial charge on any atom is -0.495 e. The van der Waals surface area contributed by atoms with Gasteiger partial charge in [-0.2, -0.15) is 0 Å². The van der Waals surface area contributed by atoms with Crippen molar-refractivity contribution in [1.82, 2.24) is 14.5 Å². The topological polar surface area (TPSA) is 79.0 Å². The van der Waals surface area contributed by atoms with Crippen LogP contribution >= 0.6 is 0 Å². The first-order chi connectivity index (χ1) is 13.4. The van der Waals surface area contributed by atoms with Crippen LogP contribution in [0, 0.1) is 0 Å². The zero-order chi connectivity index (χ0) is 20.1. The van der Waals surface area contributed by atoms with Gasteiger partial charge in [0.1, 0.15) is 10.6 Å². The van der Waals surface area contributed by atoms with E-state index in [0.717, 1.165) is 51.7 Å². The number of amides is 1. The molecule has 1 aliphatic carbocycles. The van der Waals surface area contributed by atoms with Crippen LogP contribution < -0.4 is 9.46 Å². The molecule has 0 spiro atoms. The minimum absolute atomic E-state index is 0.0404. The molecule has 0 unspecified atom stereocenters. The zero-order valence-electron chi connectivity index (χ0n) is 16.8. The van der Waals surface area contributed by atoms with Crippen molar-refractivity contribution in [2.24, 2.45) is 0 Å². The molecule has 0 bridgehead atoms. The highest BCUT2D eigenvalue weighted by molar-refractivity contribution is 7.89. The molecule has 1 saturated heterocycles. The molecule has 3 rings (SSSR count). The Bertz CT molecular complexity index is 783. The smallest absolute Gasteiger partial charge is 0.253 e. The molecule has 0 radical (unpaired) electrons. The molecular formula is C20H31N3O4S. The average Bonchev–Trinajstić information content (AvgIpc) is 2.73. The van der Waals surface area contributed by atoms with Crippen molar-refractivity contribution >= 4 is 15.9 Å². The van der Waals surface area contributed by atoms with E-state index < -0.39 is 10.0 Å². The second-order valence-electron chi connectivity index (χ2n) is 7.55. The van der Waals surface area contributed by atoms with Crippen molar-refractivity contribution in [2.75, 3.05) is 39.8 Å². The van der Waals surface area contributed by atoms with Crippen LogP contribution in [0.4, 0.5) is 0 Å². The number of nitrogens with one attached hydrogen (secondary N) is 1. The molecule has 7 nitrogen and oxygen atoms in total. The van der Waals surface area contributed by atoms with Crippen molar-refractivity contribution in [3.63, 3.8) is 0 Å². The Morgan fingerprint density at radius 2 is 1.82 bits per heavy atom. The van der Waals surface area contributed by atoms with E-state index in [9.17, 15) is 13.2 Å². The van der Waals surface area contributed by atoms with E-state index >= 15 is 0 Å². The Balaban J connectivity index is 1.80. The van der Waals surface area contributed by atoms with Gasteiger partial charge < -0.3 is 14.5 Å². The summed E-state index contributed by atoms with van der Waals surface area (Å²) in [4.78, 5) is 17.0. The number of methoxy groups -OCH3 is 1. The Morgan fingerprint density at radius 3 is 2.43 bits per heavy atom. The number of hydrogen-bond donors (Lipinski definition) is 1. The third kappa shape index (κ3) is 4.85. The number of nitrogens with zero attached hydrogens (tertiary/aromatic N) is 2. The van der Waals surface area contributed by atoms with Gasteiger partial charge in [-0.15, -0.1) is 0 Å². The lowest BCUT2D eigenvalue weighted by molar-refractivity contribution is 0.0643. The van der Waals surface area contributed by atoms with Gasteiger partial charge in [-0.1, -0.05) is 26.2 Å². The molecule has 2 aliphatic rings. The zero-order valence-corrected chi connectivity index (χ0v) is 17.6. The number of benzene rings is 1. The molecule has 1 amide bonds. The maximum absolute atomic E-state index is 13.0. The predicted octanol–water partition coefficient (Wildman–Crippen LogP) is 2.08. The first kappa shape index (κ1) is 21.1. The molecule has 1 N–H and O–H groups in total. The molecule has 2 fully saturated rings. The number of rotatable bonds is 6. The summed E-state index contributed by atoms with van der Waals surface area (Å²) in [6.45, 7) is 6.07. The van der Waals surface area contributed by atoms with Crippen LogP contribution in [0.5, 0.6) is 5.75 Å². The number of ether oxygens (including phenoxy) is 1. The van der Waals surface area contributed by atoms with Gasteiger partial charge in [-0.3, -0.25) is 4.79 Å². The van der Waals surface area contributed by atoms with Crippen molar-refractivity contribution in [3.8, 4) is 5.75 Å². The Hall–Kier alpha value is -1.64. The monoisotopic (exact) mass is 409 g/mol. The van der Waals surface area contributed by atoms with Gasteiger partial charge in [0.2, 0.25) is 10.0 Å². The van der Waals surface area contributed by atoms with Gasteiger partial charge in [-0.25, -0.2) is 13.1 Å². The highest BCUT2D eigenvalue weighted by atomic mass is 32.2. The van der Waals surface area contributed by atoms with Gasteiger partial charge in [0.05, 0.1) is 7.11 Å². The fraction of sp³-hybridized carbons (Fsp3) is 0.650. The van der Waals surface area contributed by atoms with E-state index in [2.05, 4.69) is 16.5 Å². The first-order valence-corrected chi connectivity index (χ1v) is 11.6. The molecule has 0 aromatic heterocycles. The quantitative estimate of drug-likeness (QED) is 0.778. The lowest BCUT2D eigenvalue weighted by atomic mass is 9.96. The number of carbonyl (C=O) groups excluding carboxylic acids is 1. The van der Waals surface area contributed by atoms with E-state index in [1.165, 1.54) is 13.2 Å². The van der Waals surface area contributed by atoms with Crippen molar-refractivity contribution in [1.29, 1.82) is 0 Å². The molecule has 0 atom stereocenters. The van der Waals surface area contributed by atoms with Crippen molar-refractivity contribution in [3.05, 3.63) is 23.8 Å². The van der Waals surface area contributed by atoms with Crippen LogP contribution in [-0.4, -0.2) is 70.0 Å². The van der Waals surface area contributed by atoms with E-state index in [0.29, 0.717) is 18.7 Å². The van der Waals surface area contributed by atoms with Crippen LogP contribution in [0.3, 0.4) is 0 Å². The van der Waals surface area contributed by atoms with Gasteiger partial charge in [0, 0.05) is 37.8 Å². The fourth-order valence-electron chi connectivity index (χ4n) is 3.97. The summed E-state index contributed by atoms with van der Waals surface area (Å²) in [6.07, 6.45) is 4.92. The number of likely N-dealkylation sites (N-methyl/N-ethyl adjacent to an activating group) is 1. The lowest BCUT2D eigenvalue weighted by Crippen LogP contribution is -2.48. The lowest BCUT2D eigenvalue weighted by Gasteiger charge is -2.34. The van der Waals surface area contributed by atoms with Crippen LogP contribution in [-0.2, 0) is 10.0 Å². The first-order valence-electron chi connectivity index (χ1n) is 10.2. The average molecular weight is 410 g/mol. The van der Waals surface area contributed by atoms with Crippen LogP contribution in [0.1, 0.15) is 49.4 Å². The summed E-state index contributed by atoms with van der Waals surface area (Å²) in [5.74, 6) is 0.128. The standard InChI is InChI=1S/C20H31N3O4S/c1-3-22-11-13-23(14-12-22)20(24)16-9-10-18(27-2)19(15-16)28(25,26)21-17-7-5-4-6-8-17/h9-10,15,17,21H,3-8,11-14H2,1-2H3. The maximum atomic E-state index is 13.0. The summed E-state index contributed by atoms with van der Waals surface area (Å²) < 4.78 is 34.1. The Morgan fingerprint density at radius 1 is 1.14 bits per heavy atom. The van der Waals surface area contributed by atoms with E-state index in [1.807, 2.05) is 0 Å².